The van der Waals surface area contributed by atoms with Crippen molar-refractivity contribution in [3.05, 3.63) is 59.7 Å². The van der Waals surface area contributed by atoms with Crippen LogP contribution in [0.3, 0.4) is 0 Å². The van der Waals surface area contributed by atoms with Crippen molar-refractivity contribution >= 4 is 17.5 Å². The molecular formula is C18H18FN3O2. The number of aryl methyl sites for hydroxylation is 1. The van der Waals surface area contributed by atoms with E-state index in [0.29, 0.717) is 30.8 Å². The molecule has 24 heavy (non-hydrogen) atoms. The summed E-state index contributed by atoms with van der Waals surface area (Å²) in [6.45, 7) is 2.55. The third-order valence-electron chi connectivity index (χ3n) is 4.16. The molecule has 1 aromatic carbocycles. The number of rotatable bonds is 4. The highest BCUT2D eigenvalue weighted by Gasteiger charge is 2.37. The fourth-order valence-electron chi connectivity index (χ4n) is 2.90. The van der Waals surface area contributed by atoms with E-state index in [0.717, 1.165) is 5.56 Å². The number of carbonyl (C=O) groups is 2. The van der Waals surface area contributed by atoms with Gasteiger partial charge in [-0.25, -0.2) is 4.39 Å². The molecule has 6 heteroatoms. The summed E-state index contributed by atoms with van der Waals surface area (Å²) in [5.41, 5.74) is 2.21. The van der Waals surface area contributed by atoms with Crippen LogP contribution in [0.25, 0.3) is 0 Å². The summed E-state index contributed by atoms with van der Waals surface area (Å²) in [6.07, 6.45) is 3.79. The van der Waals surface area contributed by atoms with Gasteiger partial charge >= 0.3 is 0 Å². The van der Waals surface area contributed by atoms with Gasteiger partial charge < -0.3 is 10.2 Å². The Hall–Kier alpha value is -2.76. The smallest absolute Gasteiger partial charge is 0.239 e. The number of amides is 2. The Morgan fingerprint density at radius 2 is 2.25 bits per heavy atom. The number of aromatic nitrogens is 1. The number of pyridine rings is 1. The van der Waals surface area contributed by atoms with Gasteiger partial charge in [-0.1, -0.05) is 6.07 Å². The molecule has 1 saturated heterocycles. The van der Waals surface area contributed by atoms with E-state index in [4.69, 9.17) is 0 Å². The van der Waals surface area contributed by atoms with Crippen LogP contribution in [0.1, 0.15) is 17.5 Å². The van der Waals surface area contributed by atoms with E-state index < -0.39 is 5.92 Å². The zero-order valence-corrected chi connectivity index (χ0v) is 13.3. The molecule has 1 fully saturated rings. The number of anilines is 1. The van der Waals surface area contributed by atoms with Crippen LogP contribution in [0.2, 0.25) is 0 Å². The molecule has 1 unspecified atom stereocenters. The van der Waals surface area contributed by atoms with E-state index in [1.165, 1.54) is 12.1 Å². The molecule has 0 saturated carbocycles. The third-order valence-corrected chi connectivity index (χ3v) is 4.16. The molecule has 2 aromatic rings. The molecule has 0 radical (unpaired) electrons. The zero-order valence-electron chi connectivity index (χ0n) is 13.3. The summed E-state index contributed by atoms with van der Waals surface area (Å²) in [5.74, 6) is -1.57. The molecule has 1 aliphatic heterocycles. The zero-order chi connectivity index (χ0) is 17.1. The molecule has 1 aromatic heterocycles. The lowest BCUT2D eigenvalue weighted by atomic mass is 10.1. The fourth-order valence-corrected chi connectivity index (χ4v) is 2.90. The highest BCUT2D eigenvalue weighted by Crippen LogP contribution is 2.28. The van der Waals surface area contributed by atoms with Crippen molar-refractivity contribution in [1.29, 1.82) is 0 Å². The number of hydrogen-bond acceptors (Lipinski definition) is 3. The molecule has 124 valence electrons. The van der Waals surface area contributed by atoms with E-state index in [-0.39, 0.29) is 17.6 Å². The van der Waals surface area contributed by atoms with Crippen molar-refractivity contribution in [1.82, 2.24) is 10.3 Å². The molecule has 2 amide bonds. The summed E-state index contributed by atoms with van der Waals surface area (Å²) >= 11 is 0. The number of hydrogen-bond donors (Lipinski definition) is 1. The van der Waals surface area contributed by atoms with Gasteiger partial charge in [0.15, 0.2) is 0 Å². The normalized spacial score (nSPS) is 17.2. The van der Waals surface area contributed by atoms with E-state index in [9.17, 15) is 14.0 Å². The first kappa shape index (κ1) is 16.1. The lowest BCUT2D eigenvalue weighted by Crippen LogP contribution is -2.36. The van der Waals surface area contributed by atoms with Crippen molar-refractivity contribution in [2.75, 3.05) is 11.4 Å². The maximum Gasteiger partial charge on any atom is 0.239 e. The third kappa shape index (κ3) is 3.27. The lowest BCUT2D eigenvalue weighted by Gasteiger charge is -2.19. The maximum atomic E-state index is 13.2. The Balaban J connectivity index is 1.66. The molecule has 2 heterocycles. The van der Waals surface area contributed by atoms with Crippen LogP contribution in [0.5, 0.6) is 0 Å². The molecule has 1 atom stereocenters. The van der Waals surface area contributed by atoms with Crippen LogP contribution in [-0.2, 0) is 16.1 Å². The minimum atomic E-state index is -0.703. The maximum absolute atomic E-state index is 13.2. The molecule has 0 spiro atoms. The fraction of sp³-hybridized carbons (Fsp3) is 0.278. The van der Waals surface area contributed by atoms with Crippen molar-refractivity contribution < 1.29 is 14.0 Å². The van der Waals surface area contributed by atoms with Gasteiger partial charge in [-0.05, 0) is 48.7 Å². The summed E-state index contributed by atoms with van der Waals surface area (Å²) in [5, 5.41) is 2.78. The predicted molar refractivity (Wildman–Crippen MR) is 87.7 cm³/mol. The van der Waals surface area contributed by atoms with Gasteiger partial charge in [0.05, 0.1) is 0 Å². The van der Waals surface area contributed by atoms with Crippen LogP contribution in [0.15, 0.2) is 42.7 Å². The lowest BCUT2D eigenvalue weighted by molar-refractivity contribution is -0.132. The van der Waals surface area contributed by atoms with Crippen molar-refractivity contribution in [2.24, 2.45) is 5.92 Å². The van der Waals surface area contributed by atoms with E-state index in [2.05, 4.69) is 10.3 Å². The first-order valence-corrected chi connectivity index (χ1v) is 7.80. The average molecular weight is 327 g/mol. The minimum Gasteiger partial charge on any atom is -0.351 e. The van der Waals surface area contributed by atoms with Crippen LogP contribution in [-0.4, -0.2) is 23.3 Å². The van der Waals surface area contributed by atoms with E-state index in [1.54, 1.807) is 36.4 Å². The average Bonchev–Trinajstić information content (AvgIpc) is 2.95. The number of nitrogens with one attached hydrogen (secondary N) is 1. The summed E-state index contributed by atoms with van der Waals surface area (Å²) in [4.78, 5) is 30.4. The number of halogens is 1. The molecular weight excluding hydrogens is 309 g/mol. The summed E-state index contributed by atoms with van der Waals surface area (Å²) in [7, 11) is 0. The second kappa shape index (κ2) is 6.78. The van der Waals surface area contributed by atoms with Crippen molar-refractivity contribution in [2.45, 2.75) is 19.9 Å². The number of nitrogens with zero attached hydrogens (tertiary/aromatic N) is 2. The quantitative estimate of drug-likeness (QED) is 0.876. The second-order valence-corrected chi connectivity index (χ2v) is 5.84. The predicted octanol–water partition coefficient (Wildman–Crippen LogP) is 2.20. The monoisotopic (exact) mass is 327 g/mol. The Kier molecular flexibility index (Phi) is 4.55. The Morgan fingerprint density at radius 3 is 2.96 bits per heavy atom. The van der Waals surface area contributed by atoms with Crippen molar-refractivity contribution in [3.63, 3.8) is 0 Å². The van der Waals surface area contributed by atoms with Gasteiger partial charge in [0.25, 0.3) is 0 Å². The van der Waals surface area contributed by atoms with E-state index in [1.807, 2.05) is 6.07 Å². The van der Waals surface area contributed by atoms with Gasteiger partial charge in [0.2, 0.25) is 11.8 Å². The minimum absolute atomic E-state index is 0.242. The van der Waals surface area contributed by atoms with Gasteiger partial charge in [0.1, 0.15) is 11.7 Å². The summed E-state index contributed by atoms with van der Waals surface area (Å²) in [6, 6.07) is 7.95. The van der Waals surface area contributed by atoms with Gasteiger partial charge in [-0.2, -0.15) is 0 Å². The first-order chi connectivity index (χ1) is 11.6. The Labute approximate surface area is 139 Å². The molecule has 1 N–H and O–H groups in total. The van der Waals surface area contributed by atoms with Crippen molar-refractivity contribution in [3.8, 4) is 0 Å². The molecule has 5 nitrogen and oxygen atoms in total. The Bertz CT molecular complexity index is 764. The van der Waals surface area contributed by atoms with Gasteiger partial charge in [-0.15, -0.1) is 0 Å². The molecule has 0 bridgehead atoms. The highest BCUT2D eigenvalue weighted by atomic mass is 19.1. The van der Waals surface area contributed by atoms with Crippen LogP contribution >= 0.6 is 0 Å². The van der Waals surface area contributed by atoms with E-state index >= 15 is 0 Å². The molecule has 3 rings (SSSR count). The standard InChI is InChI=1S/C18H18FN3O2/c1-12-9-14(19)4-5-16(12)22-8-6-15(18(22)24)17(23)21-11-13-3-2-7-20-10-13/h2-5,7,9-10,15H,6,8,11H2,1H3,(H,21,23). The second-order valence-electron chi connectivity index (χ2n) is 5.84. The SMILES string of the molecule is Cc1cc(F)ccc1N1CCC(C(=O)NCc2cccnc2)C1=O. The van der Waals surface area contributed by atoms with Crippen LogP contribution in [0, 0.1) is 18.7 Å². The van der Waals surface area contributed by atoms with Crippen LogP contribution in [0.4, 0.5) is 10.1 Å². The first-order valence-electron chi connectivity index (χ1n) is 7.80. The highest BCUT2D eigenvalue weighted by molar-refractivity contribution is 6.09. The molecule has 0 aliphatic carbocycles. The number of carbonyl (C=O) groups excluding carboxylic acids is 2. The Morgan fingerprint density at radius 1 is 1.42 bits per heavy atom. The number of benzene rings is 1. The van der Waals surface area contributed by atoms with Gasteiger partial charge in [-0.3, -0.25) is 14.6 Å². The molecule has 1 aliphatic rings. The van der Waals surface area contributed by atoms with Gasteiger partial charge in [0, 0.05) is 31.2 Å². The largest absolute Gasteiger partial charge is 0.351 e. The van der Waals surface area contributed by atoms with Crippen LogP contribution < -0.4 is 10.2 Å². The summed E-state index contributed by atoms with van der Waals surface area (Å²) < 4.78 is 13.2. The topological polar surface area (TPSA) is 62.3 Å².